The molecule has 0 aromatic carbocycles. The quantitative estimate of drug-likeness (QED) is 0.438. The number of aliphatic imine (C=N–C) groups is 1. The van der Waals surface area contributed by atoms with Gasteiger partial charge in [0.2, 0.25) is 0 Å². The van der Waals surface area contributed by atoms with Gasteiger partial charge in [-0.1, -0.05) is 0 Å². The number of nitrogens with zero attached hydrogens (tertiary/aromatic N) is 1. The van der Waals surface area contributed by atoms with Gasteiger partial charge in [-0.3, -0.25) is 4.99 Å². The molecule has 0 aromatic rings. The number of alkyl halides is 1. The predicted octanol–water partition coefficient (Wildman–Crippen LogP) is 1.20. The first-order valence-corrected chi connectivity index (χ1v) is 3.06. The van der Waals surface area contributed by atoms with Crippen molar-refractivity contribution in [2.24, 2.45) is 4.99 Å². The predicted molar refractivity (Wildman–Crippen MR) is 29.5 cm³/mol. The average Bonchev–Trinajstić information content (AvgIpc) is 1.86. The molecule has 0 saturated carbocycles. The largest absolute Gasteiger partial charge is 0.274 e. The molecule has 1 atom stereocenters. The zero-order valence-corrected chi connectivity index (χ0v) is 4.59. The SMILES string of the molecule is ClC1[C]=NCS1. The van der Waals surface area contributed by atoms with E-state index in [0.717, 1.165) is 5.88 Å². The van der Waals surface area contributed by atoms with Gasteiger partial charge in [0, 0.05) is 0 Å². The highest BCUT2D eigenvalue weighted by molar-refractivity contribution is 8.02. The molecule has 0 amide bonds. The lowest BCUT2D eigenvalue weighted by molar-refractivity contribution is 1.43. The lowest BCUT2D eigenvalue weighted by Gasteiger charge is -1.83. The Bertz CT molecular complexity index is 73.2. The second-order valence-electron chi connectivity index (χ2n) is 0.899. The van der Waals surface area contributed by atoms with E-state index in [2.05, 4.69) is 11.2 Å². The van der Waals surface area contributed by atoms with Gasteiger partial charge >= 0.3 is 0 Å². The summed E-state index contributed by atoms with van der Waals surface area (Å²) >= 11 is 7.06. The molecule has 1 aliphatic heterocycles. The normalized spacial score (nSPS) is 31.8. The minimum Gasteiger partial charge on any atom is -0.274 e. The topological polar surface area (TPSA) is 12.4 Å². The van der Waals surface area contributed by atoms with Crippen LogP contribution in [0.25, 0.3) is 0 Å². The maximum atomic E-state index is 5.47. The number of hydrogen-bond acceptors (Lipinski definition) is 2. The summed E-state index contributed by atoms with van der Waals surface area (Å²) in [6.45, 7) is 0. The van der Waals surface area contributed by atoms with E-state index in [9.17, 15) is 0 Å². The standard InChI is InChI=1S/C3H3ClNS/c4-3-1-5-2-6-3/h3H,2H2. The molecule has 0 saturated heterocycles. The molecular weight excluding hydrogens is 118 g/mol. The van der Waals surface area contributed by atoms with Crippen molar-refractivity contribution in [3.63, 3.8) is 0 Å². The Morgan fingerprint density at radius 2 is 2.83 bits per heavy atom. The van der Waals surface area contributed by atoms with Gasteiger partial charge in [0.15, 0.2) is 0 Å². The van der Waals surface area contributed by atoms with Gasteiger partial charge in [0.05, 0.1) is 12.1 Å². The lowest BCUT2D eigenvalue weighted by Crippen LogP contribution is -1.81. The number of halogens is 1. The summed E-state index contributed by atoms with van der Waals surface area (Å²) in [4.78, 5) is 3.75. The highest BCUT2D eigenvalue weighted by Crippen LogP contribution is 2.17. The summed E-state index contributed by atoms with van der Waals surface area (Å²) < 4.78 is 0.0185. The van der Waals surface area contributed by atoms with Crippen LogP contribution >= 0.6 is 23.4 Å². The van der Waals surface area contributed by atoms with E-state index in [0.29, 0.717) is 0 Å². The Morgan fingerprint density at radius 3 is 3.00 bits per heavy atom. The van der Waals surface area contributed by atoms with Crippen LogP contribution in [0.1, 0.15) is 0 Å². The van der Waals surface area contributed by atoms with Crippen molar-refractivity contribution >= 4 is 29.6 Å². The van der Waals surface area contributed by atoms with Gasteiger partial charge in [-0.05, 0) is 0 Å². The van der Waals surface area contributed by atoms with Crippen molar-refractivity contribution in [3.8, 4) is 0 Å². The van der Waals surface area contributed by atoms with Gasteiger partial charge in [-0.2, -0.15) is 0 Å². The van der Waals surface area contributed by atoms with Crippen molar-refractivity contribution in [2.75, 3.05) is 5.88 Å². The van der Waals surface area contributed by atoms with Crippen molar-refractivity contribution < 1.29 is 0 Å². The molecule has 1 aliphatic rings. The fourth-order valence-corrected chi connectivity index (χ4v) is 0.916. The molecule has 1 nitrogen and oxygen atoms in total. The summed E-state index contributed by atoms with van der Waals surface area (Å²) in [5, 5.41) is 0. The van der Waals surface area contributed by atoms with Crippen LogP contribution in [0.15, 0.2) is 4.99 Å². The molecule has 1 radical (unpaired) electrons. The van der Waals surface area contributed by atoms with Crippen LogP contribution < -0.4 is 0 Å². The third kappa shape index (κ3) is 0.884. The molecule has 3 heteroatoms. The Balaban J connectivity index is 2.38. The van der Waals surface area contributed by atoms with E-state index in [1.54, 1.807) is 11.8 Å². The zero-order valence-electron chi connectivity index (χ0n) is 3.02. The molecule has 1 heterocycles. The maximum Gasteiger partial charge on any atom is 0.124 e. The molecule has 0 bridgehead atoms. The molecular formula is C3H3ClNS. The first-order valence-electron chi connectivity index (χ1n) is 1.57. The summed E-state index contributed by atoms with van der Waals surface area (Å²) in [7, 11) is 0. The fraction of sp³-hybridized carbons (Fsp3) is 0.667. The van der Waals surface area contributed by atoms with Crippen molar-refractivity contribution in [1.82, 2.24) is 0 Å². The third-order valence-electron chi connectivity index (χ3n) is 0.478. The minimum atomic E-state index is 0.0185. The molecule has 0 N–H and O–H groups in total. The third-order valence-corrected chi connectivity index (χ3v) is 1.63. The highest BCUT2D eigenvalue weighted by Gasteiger charge is 2.04. The molecule has 0 spiro atoms. The van der Waals surface area contributed by atoms with Gasteiger partial charge < -0.3 is 0 Å². The van der Waals surface area contributed by atoms with Gasteiger partial charge in [0.25, 0.3) is 0 Å². The van der Waals surface area contributed by atoms with Gasteiger partial charge in [-0.25, -0.2) is 0 Å². The smallest absolute Gasteiger partial charge is 0.124 e. The molecule has 33 valence electrons. The number of rotatable bonds is 0. The Kier molecular flexibility index (Phi) is 1.37. The zero-order chi connectivity index (χ0) is 4.41. The van der Waals surface area contributed by atoms with Crippen molar-refractivity contribution in [1.29, 1.82) is 0 Å². The van der Waals surface area contributed by atoms with Crippen molar-refractivity contribution in [3.05, 3.63) is 0 Å². The number of thioether (sulfide) groups is 1. The number of hydrogen-bond donors (Lipinski definition) is 0. The van der Waals surface area contributed by atoms with Crippen LogP contribution in [-0.2, 0) is 0 Å². The second-order valence-corrected chi connectivity index (χ2v) is 2.66. The van der Waals surface area contributed by atoms with E-state index in [1.165, 1.54) is 0 Å². The Morgan fingerprint density at radius 1 is 2.00 bits per heavy atom. The summed E-state index contributed by atoms with van der Waals surface area (Å²) in [5.74, 6) is 0.786. The summed E-state index contributed by atoms with van der Waals surface area (Å²) in [6, 6.07) is 0. The second kappa shape index (κ2) is 1.85. The molecule has 1 rings (SSSR count). The average molecular weight is 121 g/mol. The van der Waals surface area contributed by atoms with Gasteiger partial charge in [0.1, 0.15) is 4.71 Å². The van der Waals surface area contributed by atoms with Crippen LogP contribution in [0.4, 0.5) is 0 Å². The summed E-state index contributed by atoms with van der Waals surface area (Å²) in [6.07, 6.45) is 2.67. The monoisotopic (exact) mass is 120 g/mol. The fourth-order valence-electron chi connectivity index (χ4n) is 0.249. The molecule has 0 aromatic heterocycles. The van der Waals surface area contributed by atoms with Crippen molar-refractivity contribution in [2.45, 2.75) is 4.71 Å². The Labute approximate surface area is 45.8 Å². The highest BCUT2D eigenvalue weighted by atomic mass is 35.5. The summed E-state index contributed by atoms with van der Waals surface area (Å²) in [5.41, 5.74) is 0. The Hall–Kier alpha value is 0.310. The van der Waals surface area contributed by atoms with E-state index in [4.69, 9.17) is 11.6 Å². The maximum absolute atomic E-state index is 5.47. The minimum absolute atomic E-state index is 0.0185. The van der Waals surface area contributed by atoms with Gasteiger partial charge in [-0.15, -0.1) is 23.4 Å². The molecule has 1 unspecified atom stereocenters. The van der Waals surface area contributed by atoms with E-state index < -0.39 is 0 Å². The molecule has 0 aliphatic carbocycles. The first-order chi connectivity index (χ1) is 2.89. The van der Waals surface area contributed by atoms with E-state index in [1.807, 2.05) is 0 Å². The molecule has 6 heavy (non-hydrogen) atoms. The van der Waals surface area contributed by atoms with Crippen LogP contribution in [0.3, 0.4) is 0 Å². The van der Waals surface area contributed by atoms with E-state index in [-0.39, 0.29) is 4.71 Å². The van der Waals surface area contributed by atoms with Crippen LogP contribution in [0, 0.1) is 0 Å². The van der Waals surface area contributed by atoms with Crippen LogP contribution in [0.2, 0.25) is 0 Å². The van der Waals surface area contributed by atoms with E-state index >= 15 is 0 Å². The van der Waals surface area contributed by atoms with Crippen LogP contribution in [0.5, 0.6) is 0 Å². The van der Waals surface area contributed by atoms with Crippen LogP contribution in [-0.4, -0.2) is 16.8 Å². The lowest BCUT2D eigenvalue weighted by atomic mass is 10.9. The molecule has 0 fully saturated rings. The first kappa shape index (κ1) is 4.47.